The van der Waals surface area contributed by atoms with Gasteiger partial charge in [0.1, 0.15) is 0 Å². The van der Waals surface area contributed by atoms with Crippen molar-refractivity contribution < 1.29 is 4.79 Å². The number of rotatable bonds is 4. The van der Waals surface area contributed by atoms with E-state index in [1.165, 1.54) is 11.8 Å². The highest BCUT2D eigenvalue weighted by molar-refractivity contribution is 5.94. The van der Waals surface area contributed by atoms with Crippen molar-refractivity contribution in [3.05, 3.63) is 90.3 Å². The van der Waals surface area contributed by atoms with Crippen LogP contribution in [-0.2, 0) is 0 Å². The third-order valence-corrected chi connectivity index (χ3v) is 3.32. The zero-order valence-corrected chi connectivity index (χ0v) is 12.4. The maximum absolute atomic E-state index is 11.8. The summed E-state index contributed by atoms with van der Waals surface area (Å²) in [6, 6.07) is 21.5. The topological polar surface area (TPSA) is 54.4 Å². The van der Waals surface area contributed by atoms with Gasteiger partial charge in [-0.2, -0.15) is 5.10 Å². The summed E-state index contributed by atoms with van der Waals surface area (Å²) < 4.78 is 0. The van der Waals surface area contributed by atoms with E-state index in [1.54, 1.807) is 24.5 Å². The molecule has 0 spiro atoms. The minimum absolute atomic E-state index is 0.282. The second kappa shape index (κ2) is 7.13. The van der Waals surface area contributed by atoms with E-state index in [0.717, 1.165) is 11.1 Å². The molecule has 1 amide bonds. The molecule has 0 aliphatic rings. The monoisotopic (exact) mass is 301 g/mol. The van der Waals surface area contributed by atoms with Crippen LogP contribution in [0.3, 0.4) is 0 Å². The van der Waals surface area contributed by atoms with Crippen molar-refractivity contribution in [1.29, 1.82) is 0 Å². The molecule has 0 aliphatic heterocycles. The second-order valence-electron chi connectivity index (χ2n) is 4.93. The Morgan fingerprint density at radius 2 is 1.65 bits per heavy atom. The minimum Gasteiger partial charge on any atom is -0.267 e. The summed E-state index contributed by atoms with van der Waals surface area (Å²) in [5.74, 6) is -0.282. The van der Waals surface area contributed by atoms with E-state index < -0.39 is 0 Å². The average Bonchev–Trinajstić information content (AvgIpc) is 2.64. The smallest absolute Gasteiger partial charge is 0.267 e. The van der Waals surface area contributed by atoms with E-state index in [0.29, 0.717) is 5.56 Å². The molecule has 1 heterocycles. The van der Waals surface area contributed by atoms with Crippen LogP contribution >= 0.6 is 0 Å². The molecular formula is C19H15N3O. The van der Waals surface area contributed by atoms with Gasteiger partial charge in [0.15, 0.2) is 0 Å². The van der Waals surface area contributed by atoms with Gasteiger partial charge >= 0.3 is 0 Å². The Balaban J connectivity index is 1.63. The van der Waals surface area contributed by atoms with E-state index in [1.807, 2.05) is 42.5 Å². The number of hydrazone groups is 1. The van der Waals surface area contributed by atoms with Crippen LogP contribution in [0.2, 0.25) is 0 Å². The van der Waals surface area contributed by atoms with E-state index in [9.17, 15) is 4.79 Å². The summed E-state index contributed by atoms with van der Waals surface area (Å²) in [4.78, 5) is 15.7. The predicted octanol–water partition coefficient (Wildman–Crippen LogP) is 3.51. The summed E-state index contributed by atoms with van der Waals surface area (Å²) >= 11 is 0. The largest absolute Gasteiger partial charge is 0.272 e. The van der Waals surface area contributed by atoms with Crippen molar-refractivity contribution in [2.45, 2.75) is 0 Å². The van der Waals surface area contributed by atoms with Crippen LogP contribution in [0.5, 0.6) is 0 Å². The fraction of sp³-hybridized carbons (Fsp3) is 0. The molecule has 0 aliphatic carbocycles. The SMILES string of the molecule is O=C(N/N=C\c1ccc(-c2ccccc2)cc1)c1cccnc1. The number of pyridine rings is 1. The molecule has 112 valence electrons. The number of nitrogens with zero attached hydrogens (tertiary/aromatic N) is 2. The molecular weight excluding hydrogens is 286 g/mol. The summed E-state index contributed by atoms with van der Waals surface area (Å²) in [6.07, 6.45) is 4.73. The summed E-state index contributed by atoms with van der Waals surface area (Å²) in [7, 11) is 0. The zero-order chi connectivity index (χ0) is 15.9. The van der Waals surface area contributed by atoms with E-state index >= 15 is 0 Å². The van der Waals surface area contributed by atoms with Crippen LogP contribution in [-0.4, -0.2) is 17.1 Å². The van der Waals surface area contributed by atoms with Crippen LogP contribution in [0.25, 0.3) is 11.1 Å². The van der Waals surface area contributed by atoms with Gasteiger partial charge < -0.3 is 0 Å². The minimum atomic E-state index is -0.282. The Hall–Kier alpha value is -3.27. The third kappa shape index (κ3) is 3.89. The Morgan fingerprint density at radius 3 is 2.35 bits per heavy atom. The molecule has 0 fully saturated rings. The first kappa shape index (κ1) is 14.7. The molecule has 0 atom stereocenters. The molecule has 0 saturated heterocycles. The van der Waals surface area contributed by atoms with Crippen molar-refractivity contribution in [1.82, 2.24) is 10.4 Å². The first-order valence-electron chi connectivity index (χ1n) is 7.22. The van der Waals surface area contributed by atoms with E-state index in [4.69, 9.17) is 0 Å². The number of carbonyl (C=O) groups is 1. The van der Waals surface area contributed by atoms with Crippen molar-refractivity contribution >= 4 is 12.1 Å². The lowest BCUT2D eigenvalue weighted by molar-refractivity contribution is 0.0955. The molecule has 3 rings (SSSR count). The molecule has 4 nitrogen and oxygen atoms in total. The Morgan fingerprint density at radius 1 is 0.913 bits per heavy atom. The zero-order valence-electron chi connectivity index (χ0n) is 12.4. The van der Waals surface area contributed by atoms with Crippen molar-refractivity contribution in [2.24, 2.45) is 5.10 Å². The Labute approximate surface area is 134 Å². The highest BCUT2D eigenvalue weighted by atomic mass is 16.2. The number of amides is 1. The van der Waals surface area contributed by atoms with Crippen LogP contribution in [0.15, 0.2) is 84.2 Å². The maximum Gasteiger partial charge on any atom is 0.272 e. The molecule has 23 heavy (non-hydrogen) atoms. The number of hydrogen-bond donors (Lipinski definition) is 1. The molecule has 0 radical (unpaired) electrons. The summed E-state index contributed by atoms with van der Waals surface area (Å²) in [5.41, 5.74) is 6.18. The third-order valence-electron chi connectivity index (χ3n) is 3.32. The molecule has 3 aromatic rings. The number of hydrogen-bond acceptors (Lipinski definition) is 3. The van der Waals surface area contributed by atoms with Gasteiger partial charge in [0, 0.05) is 12.4 Å². The van der Waals surface area contributed by atoms with Crippen molar-refractivity contribution in [2.75, 3.05) is 0 Å². The standard InChI is InChI=1S/C19H15N3O/c23-19(18-7-4-12-20-14-18)22-21-13-15-8-10-17(11-9-15)16-5-2-1-3-6-16/h1-14H,(H,22,23)/b21-13-. The molecule has 1 N–H and O–H groups in total. The number of nitrogens with one attached hydrogen (secondary N) is 1. The normalized spacial score (nSPS) is 10.6. The van der Waals surface area contributed by atoms with Crippen molar-refractivity contribution in [3.8, 4) is 11.1 Å². The highest BCUT2D eigenvalue weighted by Gasteiger charge is 2.02. The highest BCUT2D eigenvalue weighted by Crippen LogP contribution is 2.18. The van der Waals surface area contributed by atoms with Crippen LogP contribution < -0.4 is 5.43 Å². The van der Waals surface area contributed by atoms with Crippen LogP contribution in [0, 0.1) is 0 Å². The molecule has 1 aromatic heterocycles. The average molecular weight is 301 g/mol. The van der Waals surface area contributed by atoms with Gasteiger partial charge in [-0.05, 0) is 28.8 Å². The quantitative estimate of drug-likeness (QED) is 0.592. The van der Waals surface area contributed by atoms with Gasteiger partial charge in [0.05, 0.1) is 11.8 Å². The van der Waals surface area contributed by atoms with Gasteiger partial charge in [-0.25, -0.2) is 5.43 Å². The molecule has 0 unspecified atom stereocenters. The lowest BCUT2D eigenvalue weighted by Gasteiger charge is -2.02. The summed E-state index contributed by atoms with van der Waals surface area (Å²) in [5, 5.41) is 3.97. The number of benzene rings is 2. The van der Waals surface area contributed by atoms with E-state index in [-0.39, 0.29) is 5.91 Å². The van der Waals surface area contributed by atoms with Gasteiger partial charge in [-0.15, -0.1) is 0 Å². The predicted molar refractivity (Wildman–Crippen MR) is 91.2 cm³/mol. The molecule has 4 heteroatoms. The fourth-order valence-electron chi connectivity index (χ4n) is 2.12. The van der Waals surface area contributed by atoms with Crippen LogP contribution in [0.4, 0.5) is 0 Å². The van der Waals surface area contributed by atoms with Gasteiger partial charge in [0.25, 0.3) is 5.91 Å². The van der Waals surface area contributed by atoms with Gasteiger partial charge in [-0.3, -0.25) is 9.78 Å². The number of carbonyl (C=O) groups excluding carboxylic acids is 1. The fourth-order valence-corrected chi connectivity index (χ4v) is 2.12. The first-order valence-corrected chi connectivity index (χ1v) is 7.22. The first-order chi connectivity index (χ1) is 11.3. The Kier molecular flexibility index (Phi) is 4.55. The van der Waals surface area contributed by atoms with Crippen molar-refractivity contribution in [3.63, 3.8) is 0 Å². The number of aromatic nitrogens is 1. The van der Waals surface area contributed by atoms with E-state index in [2.05, 4.69) is 27.6 Å². The lowest BCUT2D eigenvalue weighted by atomic mass is 10.0. The second-order valence-corrected chi connectivity index (χ2v) is 4.93. The Bertz CT molecular complexity index is 797. The lowest BCUT2D eigenvalue weighted by Crippen LogP contribution is -2.17. The summed E-state index contributed by atoms with van der Waals surface area (Å²) in [6.45, 7) is 0. The van der Waals surface area contributed by atoms with Gasteiger partial charge in [0.2, 0.25) is 0 Å². The van der Waals surface area contributed by atoms with Crippen LogP contribution in [0.1, 0.15) is 15.9 Å². The van der Waals surface area contributed by atoms with Gasteiger partial charge in [-0.1, -0.05) is 54.6 Å². The maximum atomic E-state index is 11.8. The molecule has 0 bridgehead atoms. The molecule has 2 aromatic carbocycles. The molecule has 0 saturated carbocycles.